The molecule has 1 aromatic rings. The second-order valence-corrected chi connectivity index (χ2v) is 7.23. The molecule has 20 heavy (non-hydrogen) atoms. The van der Waals surface area contributed by atoms with Crippen LogP contribution in [0.2, 0.25) is 0 Å². The minimum Gasteiger partial charge on any atom is -0.369 e. The number of rotatable bonds is 3. The summed E-state index contributed by atoms with van der Waals surface area (Å²) >= 11 is 0. The van der Waals surface area contributed by atoms with E-state index in [4.69, 9.17) is 10.6 Å². The van der Waals surface area contributed by atoms with Gasteiger partial charge in [-0.25, -0.2) is 0 Å². The van der Waals surface area contributed by atoms with Crippen LogP contribution >= 0.6 is 0 Å². The van der Waals surface area contributed by atoms with Crippen LogP contribution in [0.25, 0.3) is 0 Å². The Labute approximate surface area is 122 Å². The first-order chi connectivity index (χ1) is 9.18. The van der Waals surface area contributed by atoms with Crippen LogP contribution in [0.4, 0.5) is 0 Å². The van der Waals surface area contributed by atoms with Crippen molar-refractivity contribution in [3.8, 4) is 0 Å². The predicted molar refractivity (Wildman–Crippen MR) is 83.3 cm³/mol. The smallest absolute Gasteiger partial charge is 0.0681 e. The van der Waals surface area contributed by atoms with E-state index in [9.17, 15) is 0 Å². The van der Waals surface area contributed by atoms with Crippen LogP contribution in [0, 0.1) is 19.8 Å². The number of hydrazine groups is 1. The molecule has 2 unspecified atom stereocenters. The fraction of sp³-hybridized carbons (Fsp3) is 0.647. The number of benzene rings is 1. The second kappa shape index (κ2) is 5.14. The third-order valence-electron chi connectivity index (χ3n) is 4.58. The van der Waals surface area contributed by atoms with Gasteiger partial charge < -0.3 is 4.74 Å². The molecule has 3 heteroatoms. The Morgan fingerprint density at radius 3 is 2.15 bits per heavy atom. The van der Waals surface area contributed by atoms with Crippen LogP contribution in [0.3, 0.4) is 0 Å². The number of nitrogens with two attached hydrogens (primary N) is 1. The molecule has 0 saturated carbocycles. The summed E-state index contributed by atoms with van der Waals surface area (Å²) in [5, 5.41) is 0. The van der Waals surface area contributed by atoms with Gasteiger partial charge in [-0.15, -0.1) is 0 Å². The highest BCUT2D eigenvalue weighted by molar-refractivity contribution is 5.37. The molecule has 0 aliphatic carbocycles. The Morgan fingerprint density at radius 2 is 1.75 bits per heavy atom. The van der Waals surface area contributed by atoms with Crippen molar-refractivity contribution in [2.24, 2.45) is 11.8 Å². The number of hydrogen-bond donors (Lipinski definition) is 2. The summed E-state index contributed by atoms with van der Waals surface area (Å²) in [5.41, 5.74) is 6.66. The lowest BCUT2D eigenvalue weighted by atomic mass is 9.77. The summed E-state index contributed by atoms with van der Waals surface area (Å²) < 4.78 is 6.24. The van der Waals surface area contributed by atoms with E-state index in [0.29, 0.717) is 5.92 Å². The summed E-state index contributed by atoms with van der Waals surface area (Å²) in [4.78, 5) is 0. The number of hydrogen-bond acceptors (Lipinski definition) is 3. The molecule has 1 saturated heterocycles. The third-order valence-corrected chi connectivity index (χ3v) is 4.58. The number of aryl methyl sites for hydroxylation is 2. The molecule has 112 valence electrons. The van der Waals surface area contributed by atoms with Gasteiger partial charge in [0.15, 0.2) is 0 Å². The maximum atomic E-state index is 6.24. The Balaban J connectivity index is 2.43. The van der Waals surface area contributed by atoms with Crippen LogP contribution < -0.4 is 11.3 Å². The topological polar surface area (TPSA) is 47.3 Å². The van der Waals surface area contributed by atoms with Crippen molar-refractivity contribution in [1.82, 2.24) is 5.43 Å². The highest BCUT2D eigenvalue weighted by atomic mass is 16.5. The first-order valence-electron chi connectivity index (χ1n) is 7.40. The summed E-state index contributed by atoms with van der Waals surface area (Å²) in [6.07, 6.45) is 1.00. The van der Waals surface area contributed by atoms with Gasteiger partial charge in [-0.2, -0.15) is 0 Å². The molecular formula is C17H28N2O. The third kappa shape index (κ3) is 2.76. The quantitative estimate of drug-likeness (QED) is 0.657. The highest BCUT2D eigenvalue weighted by Gasteiger charge is 2.49. The molecule has 2 atom stereocenters. The van der Waals surface area contributed by atoms with Crippen LogP contribution in [0.15, 0.2) is 18.2 Å². The first-order valence-corrected chi connectivity index (χ1v) is 7.40. The van der Waals surface area contributed by atoms with Gasteiger partial charge >= 0.3 is 0 Å². The average molecular weight is 276 g/mol. The van der Waals surface area contributed by atoms with E-state index in [1.54, 1.807) is 0 Å². The van der Waals surface area contributed by atoms with Gasteiger partial charge in [0.2, 0.25) is 0 Å². The van der Waals surface area contributed by atoms with E-state index < -0.39 is 0 Å². The van der Waals surface area contributed by atoms with E-state index in [1.165, 1.54) is 16.7 Å². The molecule has 3 nitrogen and oxygen atoms in total. The van der Waals surface area contributed by atoms with Crippen LogP contribution in [-0.2, 0) is 4.74 Å². The molecule has 1 aromatic carbocycles. The van der Waals surface area contributed by atoms with E-state index in [2.05, 4.69) is 65.2 Å². The normalized spacial score (nSPS) is 25.6. The molecule has 2 rings (SSSR count). The minimum atomic E-state index is -0.185. The van der Waals surface area contributed by atoms with Gasteiger partial charge in [0.25, 0.3) is 0 Å². The fourth-order valence-corrected chi connectivity index (χ4v) is 3.84. The van der Waals surface area contributed by atoms with Crippen molar-refractivity contribution in [3.63, 3.8) is 0 Å². The lowest BCUT2D eigenvalue weighted by Crippen LogP contribution is -2.41. The van der Waals surface area contributed by atoms with Gasteiger partial charge in [0.05, 0.1) is 17.2 Å². The van der Waals surface area contributed by atoms with Crippen LogP contribution in [0.5, 0.6) is 0 Å². The second-order valence-electron chi connectivity index (χ2n) is 7.23. The monoisotopic (exact) mass is 276 g/mol. The predicted octanol–water partition coefficient (Wildman–Crippen LogP) is 3.40. The molecule has 1 aliphatic heterocycles. The van der Waals surface area contributed by atoms with Gasteiger partial charge in [-0.3, -0.25) is 11.3 Å². The lowest BCUT2D eigenvalue weighted by molar-refractivity contribution is -0.0779. The van der Waals surface area contributed by atoms with Crippen molar-refractivity contribution < 1.29 is 4.74 Å². The van der Waals surface area contributed by atoms with E-state index in [-0.39, 0.29) is 17.2 Å². The Hall–Kier alpha value is -0.900. The largest absolute Gasteiger partial charge is 0.369 e. The Kier molecular flexibility index (Phi) is 3.98. The van der Waals surface area contributed by atoms with Gasteiger partial charge in [0.1, 0.15) is 0 Å². The number of ether oxygens (including phenoxy) is 1. The zero-order valence-electron chi connectivity index (χ0n) is 13.6. The summed E-state index contributed by atoms with van der Waals surface area (Å²) in [6, 6.07) is 6.52. The maximum Gasteiger partial charge on any atom is 0.0681 e. The summed E-state index contributed by atoms with van der Waals surface area (Å²) in [7, 11) is 0. The first kappa shape index (κ1) is 15.5. The minimum absolute atomic E-state index is 0.0974. The lowest BCUT2D eigenvalue weighted by Gasteiger charge is -2.34. The van der Waals surface area contributed by atoms with E-state index in [0.717, 1.165) is 6.42 Å². The molecule has 0 bridgehead atoms. The SMILES string of the molecule is Cc1cccc(C)c1C(NN)C1CC(C)(C)OC1(C)C. The fourth-order valence-electron chi connectivity index (χ4n) is 3.84. The Morgan fingerprint density at radius 1 is 1.20 bits per heavy atom. The molecule has 0 aromatic heterocycles. The van der Waals surface area contributed by atoms with Crippen LogP contribution in [0.1, 0.15) is 56.8 Å². The van der Waals surface area contributed by atoms with Crippen molar-refractivity contribution in [1.29, 1.82) is 0 Å². The molecule has 0 radical (unpaired) electrons. The number of nitrogens with one attached hydrogen (secondary N) is 1. The molecule has 1 fully saturated rings. The van der Waals surface area contributed by atoms with Crippen molar-refractivity contribution in [3.05, 3.63) is 34.9 Å². The molecule has 0 spiro atoms. The molecule has 1 heterocycles. The summed E-state index contributed by atoms with van der Waals surface area (Å²) in [5.74, 6) is 6.28. The van der Waals surface area contributed by atoms with E-state index in [1.807, 2.05) is 0 Å². The average Bonchev–Trinajstić information content (AvgIpc) is 2.52. The standard InChI is InChI=1S/C17H28N2O/c1-11-8-7-9-12(2)14(11)15(19-18)13-10-16(3,4)20-17(13,5)6/h7-9,13,15,19H,10,18H2,1-6H3. The zero-order chi connectivity index (χ0) is 15.1. The maximum absolute atomic E-state index is 6.24. The molecule has 3 N–H and O–H groups in total. The van der Waals surface area contributed by atoms with Gasteiger partial charge in [-0.05, 0) is 64.7 Å². The molecule has 1 aliphatic rings. The van der Waals surface area contributed by atoms with Gasteiger partial charge in [0, 0.05) is 5.92 Å². The van der Waals surface area contributed by atoms with Crippen molar-refractivity contribution in [2.45, 2.75) is 65.2 Å². The van der Waals surface area contributed by atoms with Crippen LogP contribution in [-0.4, -0.2) is 11.2 Å². The highest BCUT2D eigenvalue weighted by Crippen LogP contribution is 2.48. The van der Waals surface area contributed by atoms with E-state index >= 15 is 0 Å². The van der Waals surface area contributed by atoms with Gasteiger partial charge in [-0.1, -0.05) is 18.2 Å². The summed E-state index contributed by atoms with van der Waals surface area (Å²) in [6.45, 7) is 13.0. The Bertz CT molecular complexity index is 474. The van der Waals surface area contributed by atoms with Crippen molar-refractivity contribution >= 4 is 0 Å². The molecular weight excluding hydrogens is 248 g/mol. The molecule has 0 amide bonds. The zero-order valence-corrected chi connectivity index (χ0v) is 13.6. The van der Waals surface area contributed by atoms with Crippen molar-refractivity contribution in [2.75, 3.05) is 0 Å².